The van der Waals surface area contributed by atoms with Crippen molar-refractivity contribution < 1.29 is 30.0 Å². The first-order valence-corrected chi connectivity index (χ1v) is 6.69. The number of phenolic OH excluding ortho intramolecular Hbond substituents is 2. The fourth-order valence-electron chi connectivity index (χ4n) is 2.63. The molecule has 0 amide bonds. The predicted octanol–water partition coefficient (Wildman–Crippen LogP) is 0.696. The molecule has 24 heavy (non-hydrogen) atoms. The molecule has 0 unspecified atom stereocenters. The van der Waals surface area contributed by atoms with Gasteiger partial charge in [0.25, 0.3) is 0 Å². The molecule has 2 aliphatic rings. The Hall–Kier alpha value is -3.68. The predicted molar refractivity (Wildman–Crippen MR) is 83.8 cm³/mol. The van der Waals surface area contributed by atoms with Crippen LogP contribution >= 0.6 is 0 Å². The number of hydrogen-bond acceptors (Lipinski definition) is 8. The average molecular weight is 328 g/mol. The van der Waals surface area contributed by atoms with Crippen LogP contribution in [0.1, 0.15) is 5.56 Å². The summed E-state index contributed by atoms with van der Waals surface area (Å²) in [5.74, 6) is -3.77. The first-order chi connectivity index (χ1) is 11.2. The van der Waals surface area contributed by atoms with Crippen molar-refractivity contribution in [2.45, 2.75) is 0 Å². The molecular weight excluding hydrogens is 316 g/mol. The van der Waals surface area contributed by atoms with E-state index in [4.69, 9.17) is 11.5 Å². The third-order valence-corrected chi connectivity index (χ3v) is 3.65. The lowest BCUT2D eigenvalue weighted by molar-refractivity contribution is -0.114. The van der Waals surface area contributed by atoms with Crippen LogP contribution in [0.2, 0.25) is 0 Å². The normalized spacial score (nSPS) is 20.7. The summed E-state index contributed by atoms with van der Waals surface area (Å²) >= 11 is 0. The van der Waals surface area contributed by atoms with E-state index < -0.39 is 45.7 Å². The zero-order chi connectivity index (χ0) is 17.8. The summed E-state index contributed by atoms with van der Waals surface area (Å²) in [6, 6.07) is 2.20. The molecule has 0 bridgehead atoms. The Bertz CT molecular complexity index is 926. The number of carbonyl (C=O) groups is 2. The Kier molecular flexibility index (Phi) is 3.12. The number of aliphatic hydroxyl groups excluding tert-OH is 2. The van der Waals surface area contributed by atoms with Gasteiger partial charge in [0.05, 0.1) is 22.3 Å². The number of hydrogen-bond donors (Lipinski definition) is 6. The number of anilines is 1. The summed E-state index contributed by atoms with van der Waals surface area (Å²) in [5.41, 5.74) is 9.44. The van der Waals surface area contributed by atoms with Crippen LogP contribution in [0.5, 0.6) is 11.5 Å². The van der Waals surface area contributed by atoms with Crippen LogP contribution in [0.25, 0.3) is 5.57 Å². The van der Waals surface area contributed by atoms with Gasteiger partial charge in [0, 0.05) is 35.7 Å². The molecule has 122 valence electrons. The van der Waals surface area contributed by atoms with Gasteiger partial charge in [-0.05, 0) is 0 Å². The molecule has 0 radical (unpaired) electrons. The van der Waals surface area contributed by atoms with Crippen molar-refractivity contribution >= 4 is 22.8 Å². The molecule has 0 heterocycles. The van der Waals surface area contributed by atoms with Crippen molar-refractivity contribution in [1.82, 2.24) is 0 Å². The van der Waals surface area contributed by atoms with E-state index in [2.05, 4.69) is 0 Å². The molecular formula is C16H12N2O6. The van der Waals surface area contributed by atoms with E-state index in [0.29, 0.717) is 0 Å². The van der Waals surface area contributed by atoms with Crippen molar-refractivity contribution in [2.24, 2.45) is 5.73 Å². The van der Waals surface area contributed by atoms with Crippen molar-refractivity contribution in [3.05, 3.63) is 58.2 Å². The van der Waals surface area contributed by atoms with E-state index in [-0.39, 0.29) is 22.5 Å². The molecule has 3 rings (SSSR count). The van der Waals surface area contributed by atoms with E-state index in [0.717, 1.165) is 24.3 Å². The summed E-state index contributed by atoms with van der Waals surface area (Å²) in [7, 11) is 0. The van der Waals surface area contributed by atoms with Crippen LogP contribution in [0.15, 0.2) is 52.6 Å². The first kappa shape index (κ1) is 15.2. The number of nitrogens with two attached hydrogens (primary N) is 2. The second-order valence-corrected chi connectivity index (χ2v) is 5.28. The van der Waals surface area contributed by atoms with Gasteiger partial charge in [-0.15, -0.1) is 0 Å². The summed E-state index contributed by atoms with van der Waals surface area (Å²) in [6.07, 6.45) is 2.07. The molecule has 0 spiro atoms. The highest BCUT2D eigenvalue weighted by atomic mass is 16.3. The number of aliphatic hydroxyl groups is 2. The van der Waals surface area contributed by atoms with Crippen molar-refractivity contribution in [3.8, 4) is 11.5 Å². The van der Waals surface area contributed by atoms with E-state index in [1.807, 2.05) is 0 Å². The fraction of sp³-hybridized carbons (Fsp3) is 0. The molecule has 0 aliphatic heterocycles. The quantitative estimate of drug-likeness (QED) is 0.323. The highest BCUT2D eigenvalue weighted by Crippen LogP contribution is 2.46. The van der Waals surface area contributed by atoms with Crippen LogP contribution in [-0.2, 0) is 9.59 Å². The zero-order valence-corrected chi connectivity index (χ0v) is 12.1. The summed E-state index contributed by atoms with van der Waals surface area (Å²) in [5, 5.41) is 39.8. The van der Waals surface area contributed by atoms with Crippen LogP contribution in [-0.4, -0.2) is 32.0 Å². The number of aromatic hydroxyl groups is 2. The Balaban J connectivity index is 2.20. The molecule has 8 N–H and O–H groups in total. The molecule has 0 fully saturated rings. The van der Waals surface area contributed by atoms with Gasteiger partial charge in [-0.25, -0.2) is 0 Å². The monoisotopic (exact) mass is 328 g/mol. The minimum atomic E-state index is -0.819. The lowest BCUT2D eigenvalue weighted by atomic mass is 9.78. The first-order valence-electron chi connectivity index (χ1n) is 6.69. The van der Waals surface area contributed by atoms with Gasteiger partial charge in [0.15, 0.2) is 5.78 Å². The second kappa shape index (κ2) is 4.92. The summed E-state index contributed by atoms with van der Waals surface area (Å²) in [4.78, 5) is 24.3. The molecule has 0 saturated heterocycles. The average Bonchev–Trinajstić information content (AvgIpc) is 2.46. The maximum absolute atomic E-state index is 12.4. The number of ketones is 2. The standard InChI is InChI=1S/C16H12N2O6/c17-5-1-7(19)11(8(20)2-5)13-15(23)14(16(13)24)12-9(21)3-6(18)4-10(12)22/h1-4,19-21,23H,17-18H2. The number of benzene rings is 1. The number of carbonyl (C=O) groups excluding carboxylic acids is 2. The van der Waals surface area contributed by atoms with Crippen molar-refractivity contribution in [2.75, 3.05) is 5.73 Å². The number of rotatable bonds is 1. The molecule has 0 saturated carbocycles. The Morgan fingerprint density at radius 1 is 0.792 bits per heavy atom. The largest absolute Gasteiger partial charge is 0.507 e. The van der Waals surface area contributed by atoms with Crippen LogP contribution in [0.3, 0.4) is 0 Å². The van der Waals surface area contributed by atoms with Gasteiger partial charge in [-0.2, -0.15) is 0 Å². The van der Waals surface area contributed by atoms with Crippen LogP contribution in [0.4, 0.5) is 5.69 Å². The Labute approximate surface area is 134 Å². The van der Waals surface area contributed by atoms with Gasteiger partial charge in [0.2, 0.25) is 5.78 Å². The second-order valence-electron chi connectivity index (χ2n) is 5.28. The summed E-state index contributed by atoms with van der Waals surface area (Å²) in [6.45, 7) is 0. The highest BCUT2D eigenvalue weighted by molar-refractivity contribution is 6.42. The fourth-order valence-corrected chi connectivity index (χ4v) is 2.63. The molecule has 0 aromatic heterocycles. The zero-order valence-electron chi connectivity index (χ0n) is 12.1. The number of phenols is 2. The van der Waals surface area contributed by atoms with Crippen molar-refractivity contribution in [3.63, 3.8) is 0 Å². The smallest absolute Gasteiger partial charge is 0.202 e. The Morgan fingerprint density at radius 2 is 1.38 bits per heavy atom. The van der Waals surface area contributed by atoms with E-state index in [1.54, 1.807) is 0 Å². The maximum atomic E-state index is 12.4. The van der Waals surface area contributed by atoms with Gasteiger partial charge in [-0.3, -0.25) is 9.59 Å². The third kappa shape index (κ3) is 2.01. The number of allylic oxidation sites excluding steroid dienone is 5. The van der Waals surface area contributed by atoms with Gasteiger partial charge in [0.1, 0.15) is 23.0 Å². The number of Topliss-reactive ketones (excluding diaryl/α,β-unsaturated/α-hetero) is 1. The van der Waals surface area contributed by atoms with Gasteiger partial charge in [-0.1, -0.05) is 0 Å². The van der Waals surface area contributed by atoms with Gasteiger partial charge < -0.3 is 31.9 Å². The molecule has 1 aromatic rings. The molecule has 8 heteroatoms. The van der Waals surface area contributed by atoms with E-state index in [9.17, 15) is 30.0 Å². The third-order valence-electron chi connectivity index (χ3n) is 3.65. The lowest BCUT2D eigenvalue weighted by Crippen LogP contribution is -2.27. The highest BCUT2D eigenvalue weighted by Gasteiger charge is 2.42. The summed E-state index contributed by atoms with van der Waals surface area (Å²) < 4.78 is 0. The van der Waals surface area contributed by atoms with E-state index in [1.165, 1.54) is 0 Å². The van der Waals surface area contributed by atoms with Gasteiger partial charge >= 0.3 is 0 Å². The van der Waals surface area contributed by atoms with Crippen LogP contribution < -0.4 is 11.5 Å². The number of nitrogen functional groups attached to an aromatic ring is 1. The molecule has 1 aromatic carbocycles. The van der Waals surface area contributed by atoms with Crippen LogP contribution in [0, 0.1) is 0 Å². The Morgan fingerprint density at radius 3 is 1.88 bits per heavy atom. The molecule has 8 nitrogen and oxygen atoms in total. The topological polar surface area (TPSA) is 167 Å². The SMILES string of the molecule is NC1=CC(=O)C(=C2C(=O)C(c3c(O)cc(N)cc3O)=C2O)C(O)=C1. The van der Waals surface area contributed by atoms with Crippen molar-refractivity contribution in [1.29, 1.82) is 0 Å². The lowest BCUT2D eigenvalue weighted by Gasteiger charge is -2.25. The minimum absolute atomic E-state index is 0.00568. The molecule has 2 aliphatic carbocycles. The van der Waals surface area contributed by atoms with E-state index >= 15 is 0 Å². The molecule has 0 atom stereocenters. The minimum Gasteiger partial charge on any atom is -0.507 e. The maximum Gasteiger partial charge on any atom is 0.202 e.